The van der Waals surface area contributed by atoms with Crippen molar-refractivity contribution in [3.63, 3.8) is 0 Å². The lowest BCUT2D eigenvalue weighted by Crippen LogP contribution is -2.52. The van der Waals surface area contributed by atoms with Crippen LogP contribution in [0.25, 0.3) is 11.1 Å². The van der Waals surface area contributed by atoms with E-state index in [1.165, 1.54) is 4.90 Å². The van der Waals surface area contributed by atoms with Gasteiger partial charge in [-0.05, 0) is 106 Å². The summed E-state index contributed by atoms with van der Waals surface area (Å²) in [6.45, 7) is 6.49. The number of aryl methyl sites for hydroxylation is 1. The summed E-state index contributed by atoms with van der Waals surface area (Å²) in [6, 6.07) is 11.3. The molecule has 59 heavy (non-hydrogen) atoms. The number of oxazole rings is 1. The van der Waals surface area contributed by atoms with Crippen molar-refractivity contribution in [2.24, 2.45) is 11.8 Å². The maximum absolute atomic E-state index is 14.3. The molecule has 1 aromatic heterocycles. The molecular weight excluding hydrogens is 759 g/mol. The van der Waals surface area contributed by atoms with Gasteiger partial charge in [0.25, 0.3) is 11.8 Å². The van der Waals surface area contributed by atoms with E-state index in [1.807, 2.05) is 47.1 Å². The Morgan fingerprint density at radius 1 is 0.881 bits per heavy atom. The van der Waals surface area contributed by atoms with E-state index >= 15 is 0 Å². The van der Waals surface area contributed by atoms with Gasteiger partial charge in [0.05, 0.1) is 11.9 Å². The number of nitrogens with zero attached hydrogens (tertiary/aromatic N) is 5. The van der Waals surface area contributed by atoms with Crippen LogP contribution in [0.3, 0.4) is 0 Å². The van der Waals surface area contributed by atoms with E-state index in [0.29, 0.717) is 80.6 Å². The Balaban J connectivity index is 0.929. The van der Waals surface area contributed by atoms with Gasteiger partial charge in [0.1, 0.15) is 0 Å². The number of urea groups is 1. The highest BCUT2D eigenvalue weighted by molar-refractivity contribution is 5.91. The van der Waals surface area contributed by atoms with Gasteiger partial charge in [-0.3, -0.25) is 19.4 Å². The predicted molar refractivity (Wildman–Crippen MR) is 219 cm³/mol. The lowest BCUT2D eigenvalue weighted by Gasteiger charge is -2.41. The normalized spacial score (nSPS) is 19.2. The van der Waals surface area contributed by atoms with Crippen molar-refractivity contribution in [2.75, 3.05) is 78.4 Å². The summed E-state index contributed by atoms with van der Waals surface area (Å²) in [5.41, 5.74) is 4.41. The maximum atomic E-state index is 14.3. The van der Waals surface area contributed by atoms with Crippen LogP contribution < -0.4 is 11.1 Å². The monoisotopic (exact) mass is 815 g/mol. The van der Waals surface area contributed by atoms with Gasteiger partial charge < -0.3 is 43.7 Å². The molecule has 16 nitrogen and oxygen atoms in total. The second kappa shape index (κ2) is 18.7. The van der Waals surface area contributed by atoms with Gasteiger partial charge in [-0.25, -0.2) is 14.4 Å². The number of benzene rings is 2. The van der Waals surface area contributed by atoms with Crippen molar-refractivity contribution in [2.45, 2.75) is 76.9 Å². The average molecular weight is 816 g/mol. The summed E-state index contributed by atoms with van der Waals surface area (Å²) in [4.78, 5) is 88.8. The molecule has 0 unspecified atom stereocenters. The number of anilines is 1. The number of piperidine rings is 3. The van der Waals surface area contributed by atoms with Crippen LogP contribution in [0.15, 0.2) is 45.6 Å². The number of ether oxygens (including phenoxy) is 2. The topological polar surface area (TPSA) is 178 Å². The van der Waals surface area contributed by atoms with E-state index < -0.39 is 18.0 Å². The molecule has 318 valence electrons. The van der Waals surface area contributed by atoms with Gasteiger partial charge in [0.15, 0.2) is 18.3 Å². The molecule has 7 rings (SSSR count). The fraction of sp³-hybridized carbons (Fsp3) is 0.581. The summed E-state index contributed by atoms with van der Waals surface area (Å²) in [6.07, 6.45) is 4.40. The number of amides is 5. The van der Waals surface area contributed by atoms with Crippen LogP contribution in [0.5, 0.6) is 0 Å². The summed E-state index contributed by atoms with van der Waals surface area (Å²) in [7, 11) is 3.25. The Morgan fingerprint density at radius 3 is 2.27 bits per heavy atom. The van der Waals surface area contributed by atoms with E-state index in [9.17, 15) is 28.8 Å². The average Bonchev–Trinajstić information content (AvgIpc) is 3.54. The fourth-order valence-corrected chi connectivity index (χ4v) is 9.14. The number of fused-ring (bicyclic) bond motifs is 2. The first-order valence-electron chi connectivity index (χ1n) is 21.0. The first-order chi connectivity index (χ1) is 28.4. The van der Waals surface area contributed by atoms with Crippen molar-refractivity contribution >= 4 is 46.7 Å². The van der Waals surface area contributed by atoms with Crippen molar-refractivity contribution in [1.82, 2.24) is 29.5 Å². The minimum Gasteiger partial charge on any atom is -0.456 e. The number of aromatic nitrogens is 1. The van der Waals surface area contributed by atoms with Crippen molar-refractivity contribution in [1.29, 1.82) is 0 Å². The number of likely N-dealkylation sites (N-methyl/N-ethyl adjacent to an activating group) is 1. The van der Waals surface area contributed by atoms with E-state index in [4.69, 9.17) is 13.9 Å². The highest BCUT2D eigenvalue weighted by Gasteiger charge is 2.37. The van der Waals surface area contributed by atoms with Gasteiger partial charge in [-0.2, -0.15) is 0 Å². The molecule has 0 saturated carbocycles. The number of carbonyl (C=O) groups is 5. The number of esters is 1. The molecule has 4 aliphatic rings. The largest absolute Gasteiger partial charge is 0.456 e. The van der Waals surface area contributed by atoms with Gasteiger partial charge >= 0.3 is 23.8 Å². The summed E-state index contributed by atoms with van der Waals surface area (Å²) < 4.78 is 16.6. The highest BCUT2D eigenvalue weighted by atomic mass is 16.6. The van der Waals surface area contributed by atoms with Crippen molar-refractivity contribution in [3.05, 3.63) is 63.6 Å². The van der Waals surface area contributed by atoms with Crippen LogP contribution in [-0.4, -0.2) is 145 Å². The number of likely N-dealkylation sites (tertiary alicyclic amines) is 3. The lowest BCUT2D eigenvalue weighted by molar-refractivity contribution is -0.151. The van der Waals surface area contributed by atoms with Crippen LogP contribution in [0.1, 0.15) is 61.6 Å². The van der Waals surface area contributed by atoms with Gasteiger partial charge in [-0.1, -0.05) is 24.3 Å². The smallest absolute Gasteiger partial charge is 0.417 e. The van der Waals surface area contributed by atoms with Crippen LogP contribution in [0.4, 0.5) is 15.3 Å². The number of hydrogen-bond donors (Lipinski definition) is 2. The molecule has 4 aliphatic heterocycles. The maximum Gasteiger partial charge on any atom is 0.417 e. The third kappa shape index (κ3) is 10.3. The molecule has 0 spiro atoms. The van der Waals surface area contributed by atoms with Crippen LogP contribution in [0, 0.1) is 18.8 Å². The highest BCUT2D eigenvalue weighted by Crippen LogP contribution is 2.33. The quantitative estimate of drug-likeness (QED) is 0.269. The number of rotatable bonds is 11. The summed E-state index contributed by atoms with van der Waals surface area (Å²) in [5.74, 6) is -0.434. The van der Waals surface area contributed by atoms with Crippen LogP contribution >= 0.6 is 0 Å². The van der Waals surface area contributed by atoms with E-state index in [2.05, 4.69) is 15.2 Å². The summed E-state index contributed by atoms with van der Waals surface area (Å²) >= 11 is 0. The van der Waals surface area contributed by atoms with Crippen molar-refractivity contribution < 1.29 is 37.9 Å². The number of nitrogens with one attached hydrogen (secondary N) is 2. The molecule has 1 atom stereocenters. The Hall–Kier alpha value is -5.38. The SMILES string of the molecule is Cc1cc(C[C@@H](OC(=O)N2CCC(N3CCc4ccccc4NC3=O)CC2)C(=O)N2CCC(C3CCN(CCC(=O)OCC(=O)N(C)C)CC3)CC2)cc2oc(=O)[nH]c12. The fourth-order valence-electron chi connectivity index (χ4n) is 9.14. The first kappa shape index (κ1) is 41.8. The Kier molecular flexibility index (Phi) is 13.2. The van der Waals surface area contributed by atoms with Crippen LogP contribution in [0.2, 0.25) is 0 Å². The van der Waals surface area contributed by atoms with Gasteiger partial charge in [-0.15, -0.1) is 0 Å². The van der Waals surface area contributed by atoms with Gasteiger partial charge in [0.2, 0.25) is 0 Å². The molecule has 5 heterocycles. The molecule has 3 fully saturated rings. The molecule has 0 aliphatic carbocycles. The molecular formula is C43H57N7O9. The Labute approximate surface area is 344 Å². The molecule has 3 aromatic rings. The molecule has 0 bridgehead atoms. The minimum atomic E-state index is -1.08. The zero-order valence-corrected chi connectivity index (χ0v) is 34.4. The Morgan fingerprint density at radius 2 is 1.56 bits per heavy atom. The number of hydrogen-bond acceptors (Lipinski definition) is 10. The number of para-hydroxylation sites is 1. The number of aromatic amines is 1. The molecule has 2 aromatic carbocycles. The van der Waals surface area contributed by atoms with E-state index in [1.54, 1.807) is 25.1 Å². The summed E-state index contributed by atoms with van der Waals surface area (Å²) in [5, 5.41) is 3.04. The molecule has 16 heteroatoms. The predicted octanol–water partition coefficient (Wildman–Crippen LogP) is 4.00. The third-order valence-corrected chi connectivity index (χ3v) is 12.7. The first-order valence-corrected chi connectivity index (χ1v) is 21.0. The lowest BCUT2D eigenvalue weighted by atomic mass is 9.78. The second-order valence-electron chi connectivity index (χ2n) is 16.7. The number of carbonyl (C=O) groups excluding carboxylic acids is 5. The third-order valence-electron chi connectivity index (χ3n) is 12.7. The minimum absolute atomic E-state index is 0.0278. The second-order valence-corrected chi connectivity index (χ2v) is 16.7. The molecule has 2 N–H and O–H groups in total. The van der Waals surface area contributed by atoms with Crippen molar-refractivity contribution in [3.8, 4) is 0 Å². The van der Waals surface area contributed by atoms with Gasteiger partial charge in [0, 0.05) is 71.5 Å². The molecule has 5 amide bonds. The Bertz CT molecular complexity index is 2060. The molecule has 3 saturated heterocycles. The molecule has 0 radical (unpaired) electrons. The number of H-pyrrole nitrogens is 1. The van der Waals surface area contributed by atoms with E-state index in [-0.39, 0.29) is 49.3 Å². The van der Waals surface area contributed by atoms with E-state index in [0.717, 1.165) is 62.0 Å². The zero-order valence-electron chi connectivity index (χ0n) is 34.4. The zero-order chi connectivity index (χ0) is 41.6. The standard InChI is InChI=1S/C43H57N7O9/c1-28-24-29(25-35-39(28)45-42(55)58-35)26-36(59-43(56)49-21-13-33(14-22-49)50-23-12-32-6-4-5-7-34(32)44-41(50)54)40(53)48-19-10-31(11-20-48)30-8-16-47(17-9-30)18-15-38(52)57-27-37(51)46(2)3/h4-7,24-25,30-31,33,36H,8-23,26-27H2,1-3H3,(H,44,54)(H,45,55)/t36-/m1/s1. The van der Waals surface area contributed by atoms with Crippen LogP contribution in [-0.2, 0) is 36.7 Å².